The van der Waals surface area contributed by atoms with E-state index in [1.807, 2.05) is 39.0 Å². The van der Waals surface area contributed by atoms with E-state index >= 15 is 0 Å². The molecule has 4 N–H and O–H groups in total. The first kappa shape index (κ1) is 24.8. The van der Waals surface area contributed by atoms with Gasteiger partial charge >= 0.3 is 0 Å². The van der Waals surface area contributed by atoms with Crippen molar-refractivity contribution in [2.24, 2.45) is 5.73 Å². The molecular weight excluding hydrogens is 454 g/mol. The minimum atomic E-state index is -0.713. The Kier molecular flexibility index (Phi) is 7.67. The summed E-state index contributed by atoms with van der Waals surface area (Å²) in [6, 6.07) is 9.44. The van der Waals surface area contributed by atoms with E-state index < -0.39 is 18.2 Å². The molecule has 7 nitrogen and oxygen atoms in total. The molecule has 4 rings (SSSR count). The van der Waals surface area contributed by atoms with Crippen LogP contribution in [0.25, 0.3) is 0 Å². The second kappa shape index (κ2) is 10.5. The van der Waals surface area contributed by atoms with Crippen molar-refractivity contribution in [3.8, 4) is 11.5 Å². The first-order valence-corrected chi connectivity index (χ1v) is 12.2. The highest BCUT2D eigenvalue weighted by atomic mass is 35.5. The highest BCUT2D eigenvalue weighted by Gasteiger charge is 2.33. The molecule has 0 radical (unpaired) electrons. The molecule has 1 amide bonds. The average Bonchev–Trinajstić information content (AvgIpc) is 2.82. The quantitative estimate of drug-likeness (QED) is 0.555. The number of carbonyl (C=O) groups excluding carboxylic acids is 1. The number of nitrogens with one attached hydrogen (secondary N) is 1. The number of amides is 1. The Bertz CT molecular complexity index is 1020. The molecule has 0 saturated carbocycles. The minimum absolute atomic E-state index is 0.246. The van der Waals surface area contributed by atoms with Crippen LogP contribution in [0.1, 0.15) is 41.1 Å². The van der Waals surface area contributed by atoms with E-state index in [0.29, 0.717) is 23.1 Å². The van der Waals surface area contributed by atoms with Gasteiger partial charge in [0.1, 0.15) is 18.8 Å². The van der Waals surface area contributed by atoms with Crippen molar-refractivity contribution in [2.45, 2.75) is 57.9 Å². The Hall–Kier alpha value is -2.32. The van der Waals surface area contributed by atoms with Gasteiger partial charge in [0.2, 0.25) is 5.91 Å². The number of rotatable bonds is 7. The first-order valence-electron chi connectivity index (χ1n) is 11.9. The summed E-state index contributed by atoms with van der Waals surface area (Å²) in [5.41, 5.74) is 9.87. The monoisotopic (exact) mass is 487 g/mol. The summed E-state index contributed by atoms with van der Waals surface area (Å²) in [6.07, 6.45) is 0.563. The molecule has 0 aliphatic carbocycles. The molecule has 34 heavy (non-hydrogen) atoms. The predicted molar refractivity (Wildman–Crippen MR) is 133 cm³/mol. The molecule has 184 valence electrons. The molecule has 0 aromatic heterocycles. The minimum Gasteiger partial charge on any atom is -0.485 e. The third kappa shape index (κ3) is 5.18. The Morgan fingerprint density at radius 1 is 1.21 bits per heavy atom. The number of halogens is 1. The molecule has 1 fully saturated rings. The van der Waals surface area contributed by atoms with Crippen LogP contribution in [-0.2, 0) is 4.79 Å². The summed E-state index contributed by atoms with van der Waals surface area (Å²) in [7, 11) is 0. The van der Waals surface area contributed by atoms with Crippen LogP contribution in [0.4, 0.5) is 0 Å². The van der Waals surface area contributed by atoms with Crippen molar-refractivity contribution < 1.29 is 19.4 Å². The fourth-order valence-electron chi connectivity index (χ4n) is 5.01. The summed E-state index contributed by atoms with van der Waals surface area (Å²) >= 11 is 6.15. The summed E-state index contributed by atoms with van der Waals surface area (Å²) < 4.78 is 11.8. The van der Waals surface area contributed by atoms with Gasteiger partial charge in [-0.3, -0.25) is 9.69 Å². The lowest BCUT2D eigenvalue weighted by atomic mass is 9.92. The molecule has 2 aromatic carbocycles. The normalized spacial score (nSPS) is 20.7. The average molecular weight is 488 g/mol. The summed E-state index contributed by atoms with van der Waals surface area (Å²) in [6.45, 7) is 8.12. The van der Waals surface area contributed by atoms with Crippen molar-refractivity contribution in [1.82, 2.24) is 10.2 Å². The molecule has 0 bridgehead atoms. The van der Waals surface area contributed by atoms with Crippen LogP contribution in [0.5, 0.6) is 11.5 Å². The molecule has 2 aromatic rings. The zero-order chi connectivity index (χ0) is 24.4. The number of fused-ring (bicyclic) bond motifs is 1. The molecule has 2 heterocycles. The standard InChI is InChI=1S/C26H34ClN3O4/c1-15-5-4-6-16(2)23(15)24(26(28)32)30-11-9-18(10-12-30)29-13-20(31)22-14-33-25-17(3)19(27)7-8-21(25)34-22/h4-8,18,20,22,24,29,31H,9-14H2,1-3H3,(H2,28,32). The van der Waals surface area contributed by atoms with Crippen LogP contribution in [0.3, 0.4) is 0 Å². The summed E-state index contributed by atoms with van der Waals surface area (Å²) in [5, 5.41) is 14.8. The third-order valence-electron chi connectivity index (χ3n) is 7.00. The molecule has 8 heteroatoms. The lowest BCUT2D eigenvalue weighted by Crippen LogP contribution is -2.50. The number of aliphatic hydroxyl groups is 1. The second-order valence-electron chi connectivity index (χ2n) is 9.36. The number of primary amides is 1. The van der Waals surface area contributed by atoms with Gasteiger partial charge in [0.25, 0.3) is 0 Å². The zero-order valence-corrected chi connectivity index (χ0v) is 20.8. The van der Waals surface area contributed by atoms with Gasteiger partial charge in [0.15, 0.2) is 17.6 Å². The fraction of sp³-hybridized carbons (Fsp3) is 0.500. The van der Waals surface area contributed by atoms with Crippen LogP contribution in [0.2, 0.25) is 5.02 Å². The van der Waals surface area contributed by atoms with Crippen LogP contribution in [0.15, 0.2) is 30.3 Å². The fourth-order valence-corrected chi connectivity index (χ4v) is 5.16. The lowest BCUT2D eigenvalue weighted by molar-refractivity contribution is -0.124. The molecule has 3 unspecified atom stereocenters. The molecule has 3 atom stereocenters. The SMILES string of the molecule is Cc1cccc(C)c1C(C(N)=O)N1CCC(NCC(O)C2COc3c(ccc(Cl)c3C)O2)CC1. The Labute approximate surface area is 206 Å². The Balaban J connectivity index is 1.30. The van der Waals surface area contributed by atoms with E-state index in [2.05, 4.69) is 10.2 Å². The van der Waals surface area contributed by atoms with Gasteiger partial charge in [-0.2, -0.15) is 0 Å². The number of hydrogen-bond acceptors (Lipinski definition) is 6. The molecule has 2 aliphatic heterocycles. The maximum atomic E-state index is 12.4. The largest absolute Gasteiger partial charge is 0.485 e. The maximum absolute atomic E-state index is 12.4. The van der Waals surface area contributed by atoms with Gasteiger partial charge in [-0.1, -0.05) is 29.8 Å². The summed E-state index contributed by atoms with van der Waals surface area (Å²) in [4.78, 5) is 14.6. The van der Waals surface area contributed by atoms with Crippen LogP contribution in [0, 0.1) is 20.8 Å². The number of piperidine rings is 1. The van der Waals surface area contributed by atoms with Crippen molar-refractivity contribution in [3.63, 3.8) is 0 Å². The molecule has 1 saturated heterocycles. The van der Waals surface area contributed by atoms with E-state index in [-0.39, 0.29) is 18.6 Å². The number of nitrogens with two attached hydrogens (primary N) is 1. The van der Waals surface area contributed by atoms with E-state index in [1.54, 1.807) is 12.1 Å². The number of benzene rings is 2. The highest BCUT2D eigenvalue weighted by Crippen LogP contribution is 2.39. The van der Waals surface area contributed by atoms with Crippen molar-refractivity contribution in [3.05, 3.63) is 57.6 Å². The predicted octanol–water partition coefficient (Wildman–Crippen LogP) is 3.05. The van der Waals surface area contributed by atoms with Gasteiger partial charge in [-0.15, -0.1) is 0 Å². The molecule has 2 aliphatic rings. The number of likely N-dealkylation sites (tertiary alicyclic amines) is 1. The van der Waals surface area contributed by atoms with Gasteiger partial charge in [0.05, 0.1) is 0 Å². The van der Waals surface area contributed by atoms with E-state index in [4.69, 9.17) is 26.8 Å². The summed E-state index contributed by atoms with van der Waals surface area (Å²) in [5.74, 6) is 0.934. The first-order chi connectivity index (χ1) is 16.3. The maximum Gasteiger partial charge on any atom is 0.239 e. The van der Waals surface area contributed by atoms with Gasteiger partial charge in [0, 0.05) is 36.3 Å². The van der Waals surface area contributed by atoms with Crippen molar-refractivity contribution in [1.29, 1.82) is 0 Å². The number of hydrogen-bond donors (Lipinski definition) is 3. The Morgan fingerprint density at radius 2 is 1.88 bits per heavy atom. The number of aliphatic hydroxyl groups excluding tert-OH is 1. The number of aryl methyl sites for hydroxylation is 2. The van der Waals surface area contributed by atoms with Gasteiger partial charge < -0.3 is 25.6 Å². The third-order valence-corrected chi connectivity index (χ3v) is 7.41. The van der Waals surface area contributed by atoms with Crippen molar-refractivity contribution >= 4 is 17.5 Å². The molecule has 0 spiro atoms. The highest BCUT2D eigenvalue weighted by molar-refractivity contribution is 6.31. The lowest BCUT2D eigenvalue weighted by Gasteiger charge is -2.38. The van der Waals surface area contributed by atoms with Gasteiger partial charge in [-0.05, 0) is 62.4 Å². The van der Waals surface area contributed by atoms with Crippen molar-refractivity contribution in [2.75, 3.05) is 26.2 Å². The number of carbonyl (C=O) groups is 1. The zero-order valence-electron chi connectivity index (χ0n) is 20.0. The van der Waals surface area contributed by atoms with E-state index in [0.717, 1.165) is 48.2 Å². The van der Waals surface area contributed by atoms with Crippen LogP contribution >= 0.6 is 11.6 Å². The van der Waals surface area contributed by atoms with Crippen LogP contribution in [-0.4, -0.2) is 60.4 Å². The Morgan fingerprint density at radius 3 is 2.53 bits per heavy atom. The van der Waals surface area contributed by atoms with Gasteiger partial charge in [-0.25, -0.2) is 0 Å². The van der Waals surface area contributed by atoms with Crippen LogP contribution < -0.4 is 20.5 Å². The number of nitrogens with zero attached hydrogens (tertiary/aromatic N) is 1. The smallest absolute Gasteiger partial charge is 0.239 e. The van der Waals surface area contributed by atoms with E-state index in [9.17, 15) is 9.90 Å². The topological polar surface area (TPSA) is 97.1 Å². The second-order valence-corrected chi connectivity index (χ2v) is 9.77. The number of ether oxygens (including phenoxy) is 2. The molecular formula is C26H34ClN3O4. The van der Waals surface area contributed by atoms with E-state index in [1.165, 1.54) is 0 Å².